The normalized spacial score (nSPS) is 15.8. The first-order chi connectivity index (χ1) is 15.8. The fourth-order valence-corrected chi connectivity index (χ4v) is 5.00. The highest BCUT2D eigenvalue weighted by atomic mass is 15.4. The van der Waals surface area contributed by atoms with Gasteiger partial charge in [0.2, 0.25) is 0 Å². The lowest BCUT2D eigenvalue weighted by atomic mass is 10.0. The standard InChI is InChI=1S/C30H52N2/c1-3-4-5-6-7-8-9-10-11-12-13-14-15-16-17-18-22-25-30-31(2)26-27-32(30)28-29-23-20-19-21-24-29/h19-21,23-24,26-27,30H,3-18,22,25,28H2,1-2H3. The Morgan fingerprint density at radius 1 is 0.594 bits per heavy atom. The molecule has 0 radical (unpaired) electrons. The predicted molar refractivity (Wildman–Crippen MR) is 141 cm³/mol. The summed E-state index contributed by atoms with van der Waals surface area (Å²) in [5.41, 5.74) is 1.40. The van der Waals surface area contributed by atoms with Gasteiger partial charge in [0.25, 0.3) is 0 Å². The summed E-state index contributed by atoms with van der Waals surface area (Å²) in [6.07, 6.45) is 30.8. The van der Waals surface area contributed by atoms with Gasteiger partial charge in [-0.1, -0.05) is 140 Å². The minimum Gasteiger partial charge on any atom is -0.359 e. The van der Waals surface area contributed by atoms with E-state index in [1.165, 1.54) is 121 Å². The van der Waals surface area contributed by atoms with Crippen LogP contribution in [-0.2, 0) is 6.54 Å². The van der Waals surface area contributed by atoms with Crippen molar-refractivity contribution in [1.29, 1.82) is 0 Å². The summed E-state index contributed by atoms with van der Waals surface area (Å²) >= 11 is 0. The van der Waals surface area contributed by atoms with Crippen LogP contribution in [0.4, 0.5) is 0 Å². The number of nitrogens with zero attached hydrogens (tertiary/aromatic N) is 2. The van der Waals surface area contributed by atoms with Gasteiger partial charge < -0.3 is 9.80 Å². The Morgan fingerprint density at radius 2 is 1.06 bits per heavy atom. The molecule has 1 aliphatic rings. The lowest BCUT2D eigenvalue weighted by Gasteiger charge is -2.30. The molecule has 0 spiro atoms. The van der Waals surface area contributed by atoms with Crippen molar-refractivity contribution in [2.45, 2.75) is 135 Å². The molecule has 1 aliphatic heterocycles. The third-order valence-electron chi connectivity index (χ3n) is 7.12. The molecule has 1 aromatic rings. The first-order valence-corrected chi connectivity index (χ1v) is 14.0. The number of rotatable bonds is 20. The summed E-state index contributed by atoms with van der Waals surface area (Å²) in [6.45, 7) is 3.32. The zero-order valence-electron chi connectivity index (χ0n) is 21.4. The molecule has 0 saturated carbocycles. The molecule has 2 rings (SSSR count). The van der Waals surface area contributed by atoms with Crippen molar-refractivity contribution in [2.75, 3.05) is 7.05 Å². The number of hydrogen-bond donors (Lipinski definition) is 0. The summed E-state index contributed by atoms with van der Waals surface area (Å²) in [7, 11) is 2.22. The average Bonchev–Trinajstić information content (AvgIpc) is 3.15. The molecule has 0 fully saturated rings. The molecular weight excluding hydrogens is 388 g/mol. The molecule has 2 nitrogen and oxygen atoms in total. The van der Waals surface area contributed by atoms with Gasteiger partial charge in [-0.3, -0.25) is 0 Å². The zero-order chi connectivity index (χ0) is 22.7. The summed E-state index contributed by atoms with van der Waals surface area (Å²) in [5, 5.41) is 0. The van der Waals surface area contributed by atoms with Crippen molar-refractivity contribution in [2.24, 2.45) is 0 Å². The average molecular weight is 441 g/mol. The molecule has 0 N–H and O–H groups in total. The van der Waals surface area contributed by atoms with Crippen LogP contribution in [0, 0.1) is 0 Å². The highest BCUT2D eigenvalue weighted by molar-refractivity contribution is 5.15. The van der Waals surface area contributed by atoms with Crippen LogP contribution in [-0.4, -0.2) is 23.0 Å². The van der Waals surface area contributed by atoms with Crippen molar-refractivity contribution in [3.8, 4) is 0 Å². The second kappa shape index (κ2) is 18.0. The van der Waals surface area contributed by atoms with Crippen LogP contribution in [0.15, 0.2) is 42.7 Å². The maximum absolute atomic E-state index is 2.50. The van der Waals surface area contributed by atoms with E-state index < -0.39 is 0 Å². The van der Waals surface area contributed by atoms with E-state index in [1.54, 1.807) is 0 Å². The Bertz CT molecular complexity index is 567. The molecule has 1 atom stereocenters. The second-order valence-corrected chi connectivity index (χ2v) is 10.0. The van der Waals surface area contributed by atoms with Crippen molar-refractivity contribution in [3.63, 3.8) is 0 Å². The third kappa shape index (κ3) is 12.0. The summed E-state index contributed by atoms with van der Waals surface area (Å²) in [5.74, 6) is 0. The minimum absolute atomic E-state index is 0.534. The van der Waals surface area contributed by atoms with Crippen molar-refractivity contribution in [3.05, 3.63) is 48.3 Å². The summed E-state index contributed by atoms with van der Waals surface area (Å²) < 4.78 is 0. The monoisotopic (exact) mass is 440 g/mol. The highest BCUT2D eigenvalue weighted by Crippen LogP contribution is 2.22. The fraction of sp³-hybridized carbons (Fsp3) is 0.733. The largest absolute Gasteiger partial charge is 0.359 e. The zero-order valence-corrected chi connectivity index (χ0v) is 21.4. The first kappa shape index (κ1) is 26.8. The molecule has 1 heterocycles. The maximum atomic E-state index is 2.50. The van der Waals surface area contributed by atoms with Gasteiger partial charge in [-0.2, -0.15) is 0 Å². The molecule has 1 aromatic carbocycles. The van der Waals surface area contributed by atoms with E-state index in [0.29, 0.717) is 6.17 Å². The van der Waals surface area contributed by atoms with E-state index in [9.17, 15) is 0 Å². The number of hydrogen-bond acceptors (Lipinski definition) is 2. The van der Waals surface area contributed by atoms with Crippen LogP contribution in [0.5, 0.6) is 0 Å². The molecule has 0 saturated heterocycles. The van der Waals surface area contributed by atoms with Crippen molar-refractivity contribution in [1.82, 2.24) is 9.80 Å². The quantitative estimate of drug-likeness (QED) is 0.186. The van der Waals surface area contributed by atoms with Gasteiger partial charge in [0.1, 0.15) is 6.17 Å². The van der Waals surface area contributed by atoms with Crippen LogP contribution < -0.4 is 0 Å². The number of unbranched alkanes of at least 4 members (excludes halogenated alkanes) is 16. The first-order valence-electron chi connectivity index (χ1n) is 14.0. The predicted octanol–water partition coefficient (Wildman–Crippen LogP) is 9.27. The summed E-state index contributed by atoms with van der Waals surface area (Å²) in [4.78, 5) is 4.89. The van der Waals surface area contributed by atoms with Crippen molar-refractivity contribution < 1.29 is 0 Å². The molecule has 0 bridgehead atoms. The van der Waals surface area contributed by atoms with E-state index in [0.717, 1.165) is 6.54 Å². The van der Waals surface area contributed by atoms with E-state index in [4.69, 9.17) is 0 Å². The van der Waals surface area contributed by atoms with Gasteiger partial charge in [0.05, 0.1) is 0 Å². The van der Waals surface area contributed by atoms with E-state index in [2.05, 4.69) is 66.5 Å². The molecule has 0 amide bonds. The van der Waals surface area contributed by atoms with Crippen LogP contribution in [0.25, 0.3) is 0 Å². The molecule has 0 aromatic heterocycles. The molecule has 32 heavy (non-hydrogen) atoms. The van der Waals surface area contributed by atoms with Gasteiger partial charge in [0, 0.05) is 26.0 Å². The van der Waals surface area contributed by atoms with Crippen LogP contribution in [0.1, 0.15) is 128 Å². The Morgan fingerprint density at radius 3 is 1.56 bits per heavy atom. The topological polar surface area (TPSA) is 6.48 Å². The van der Waals surface area contributed by atoms with Gasteiger partial charge >= 0.3 is 0 Å². The minimum atomic E-state index is 0.534. The molecule has 182 valence electrons. The molecule has 0 aliphatic carbocycles. The lowest BCUT2D eigenvalue weighted by Crippen LogP contribution is -2.36. The Labute approximate surface area is 200 Å². The van der Waals surface area contributed by atoms with Crippen LogP contribution >= 0.6 is 0 Å². The van der Waals surface area contributed by atoms with E-state index in [1.807, 2.05) is 0 Å². The number of benzene rings is 1. The van der Waals surface area contributed by atoms with Gasteiger partial charge in [-0.25, -0.2) is 0 Å². The molecule has 1 unspecified atom stereocenters. The van der Waals surface area contributed by atoms with Gasteiger partial charge in [0.15, 0.2) is 0 Å². The van der Waals surface area contributed by atoms with Gasteiger partial charge in [-0.05, 0) is 18.4 Å². The Kier molecular flexibility index (Phi) is 15.1. The SMILES string of the molecule is CCCCCCCCCCCCCCCCCCCC1N(C)C=CN1Cc1ccccc1. The summed E-state index contributed by atoms with van der Waals surface area (Å²) in [6, 6.07) is 10.9. The lowest BCUT2D eigenvalue weighted by molar-refractivity contribution is 0.155. The Hall–Kier alpha value is -1.44. The van der Waals surface area contributed by atoms with E-state index in [-0.39, 0.29) is 0 Å². The fourth-order valence-electron chi connectivity index (χ4n) is 5.00. The van der Waals surface area contributed by atoms with Gasteiger partial charge in [-0.15, -0.1) is 0 Å². The maximum Gasteiger partial charge on any atom is 0.101 e. The van der Waals surface area contributed by atoms with Crippen molar-refractivity contribution >= 4 is 0 Å². The van der Waals surface area contributed by atoms with Crippen LogP contribution in [0.3, 0.4) is 0 Å². The second-order valence-electron chi connectivity index (χ2n) is 10.0. The Balaban J connectivity index is 1.37. The highest BCUT2D eigenvalue weighted by Gasteiger charge is 2.22. The molecule has 2 heteroatoms. The third-order valence-corrected chi connectivity index (χ3v) is 7.12. The van der Waals surface area contributed by atoms with Crippen LogP contribution in [0.2, 0.25) is 0 Å². The van der Waals surface area contributed by atoms with E-state index >= 15 is 0 Å². The smallest absolute Gasteiger partial charge is 0.101 e. The molecular formula is C30H52N2.